The van der Waals surface area contributed by atoms with E-state index in [2.05, 4.69) is 14.8 Å². The number of nitrogens with one attached hydrogen (secondary N) is 1. The SMILES string of the molecule is COC(=O)/C=C(/Nc1ccc(F)c(B2OC(C)(C)C(C)(C)O2)c1)C(=O)OC. The largest absolute Gasteiger partial charge is 0.497 e. The molecule has 27 heavy (non-hydrogen) atoms. The number of hydrogen-bond acceptors (Lipinski definition) is 7. The van der Waals surface area contributed by atoms with Crippen LogP contribution in [0.3, 0.4) is 0 Å². The predicted molar refractivity (Wildman–Crippen MR) is 97.9 cm³/mol. The maximum Gasteiger partial charge on any atom is 0.497 e. The molecule has 0 radical (unpaired) electrons. The van der Waals surface area contributed by atoms with E-state index in [1.54, 1.807) is 0 Å². The highest BCUT2D eigenvalue weighted by Gasteiger charge is 2.52. The standard InChI is InChI=1S/C18H23BFNO6/c1-17(2)18(3,4)27-19(26-17)12-9-11(7-8-13(12)20)21-14(16(23)25-6)10-15(22)24-5/h7-10,21H,1-6H3/b14-10+. The van der Waals surface area contributed by atoms with Crippen LogP contribution in [0.25, 0.3) is 0 Å². The lowest BCUT2D eigenvalue weighted by molar-refractivity contribution is -0.138. The van der Waals surface area contributed by atoms with Crippen LogP contribution < -0.4 is 10.8 Å². The molecule has 9 heteroatoms. The van der Waals surface area contributed by atoms with Crippen LogP contribution in [0.4, 0.5) is 10.1 Å². The van der Waals surface area contributed by atoms with E-state index in [0.29, 0.717) is 5.69 Å². The number of anilines is 1. The number of hydrogen-bond donors (Lipinski definition) is 1. The molecule has 0 spiro atoms. The van der Waals surface area contributed by atoms with E-state index in [4.69, 9.17) is 9.31 Å². The summed E-state index contributed by atoms with van der Waals surface area (Å²) in [5.74, 6) is -2.03. The van der Waals surface area contributed by atoms with Crippen molar-refractivity contribution in [1.29, 1.82) is 0 Å². The molecular formula is C18H23BFNO6. The third-order valence-electron chi connectivity index (χ3n) is 4.65. The summed E-state index contributed by atoms with van der Waals surface area (Å²) in [6, 6.07) is 4.08. The number of esters is 2. The Bertz CT molecular complexity index is 761. The zero-order valence-electron chi connectivity index (χ0n) is 16.2. The highest BCUT2D eigenvalue weighted by Crippen LogP contribution is 2.36. The third-order valence-corrected chi connectivity index (χ3v) is 4.65. The van der Waals surface area contributed by atoms with Crippen LogP contribution in [0, 0.1) is 5.82 Å². The van der Waals surface area contributed by atoms with E-state index in [9.17, 15) is 14.0 Å². The van der Waals surface area contributed by atoms with Crippen LogP contribution in [0.5, 0.6) is 0 Å². The molecule has 0 aromatic heterocycles. The minimum absolute atomic E-state index is 0.157. The average molecular weight is 379 g/mol. The molecule has 146 valence electrons. The highest BCUT2D eigenvalue weighted by atomic mass is 19.1. The summed E-state index contributed by atoms with van der Waals surface area (Å²) in [6.07, 6.45) is 0.948. The monoisotopic (exact) mass is 379 g/mol. The number of rotatable bonds is 5. The summed E-state index contributed by atoms with van der Waals surface area (Å²) in [5.41, 5.74) is -0.899. The maximum atomic E-state index is 14.4. The first-order valence-electron chi connectivity index (χ1n) is 8.31. The zero-order valence-corrected chi connectivity index (χ0v) is 16.2. The molecule has 1 aliphatic heterocycles. The Balaban J connectivity index is 2.33. The second-order valence-corrected chi connectivity index (χ2v) is 7.02. The van der Waals surface area contributed by atoms with Crippen molar-refractivity contribution in [2.45, 2.75) is 38.9 Å². The van der Waals surface area contributed by atoms with E-state index in [1.165, 1.54) is 32.4 Å². The van der Waals surface area contributed by atoms with Crippen LogP contribution in [0.2, 0.25) is 0 Å². The van der Waals surface area contributed by atoms with Gasteiger partial charge in [0.25, 0.3) is 0 Å². The van der Waals surface area contributed by atoms with Gasteiger partial charge in [0.15, 0.2) is 0 Å². The molecule has 0 unspecified atom stereocenters. The van der Waals surface area contributed by atoms with E-state index in [-0.39, 0.29) is 11.2 Å². The smallest absolute Gasteiger partial charge is 0.466 e. The van der Waals surface area contributed by atoms with Gasteiger partial charge >= 0.3 is 19.1 Å². The number of carbonyl (C=O) groups excluding carboxylic acids is 2. The van der Waals surface area contributed by atoms with Crippen molar-refractivity contribution in [3.63, 3.8) is 0 Å². The van der Waals surface area contributed by atoms with Crippen molar-refractivity contribution >= 4 is 30.2 Å². The Kier molecular flexibility index (Phi) is 5.96. The molecule has 7 nitrogen and oxygen atoms in total. The Labute approximate surface area is 158 Å². The Hall–Kier alpha value is -2.39. The molecule has 1 aromatic carbocycles. The molecule has 1 aliphatic rings. The number of carbonyl (C=O) groups is 2. The summed E-state index contributed by atoms with van der Waals surface area (Å²) in [5, 5.41) is 2.74. The van der Waals surface area contributed by atoms with Gasteiger partial charge in [-0.05, 0) is 45.9 Å². The van der Waals surface area contributed by atoms with Gasteiger partial charge in [0, 0.05) is 11.2 Å². The Morgan fingerprint density at radius 3 is 2.22 bits per heavy atom. The second kappa shape index (κ2) is 7.70. The summed E-state index contributed by atoms with van der Waals surface area (Å²) >= 11 is 0. The Morgan fingerprint density at radius 1 is 1.11 bits per heavy atom. The third kappa shape index (κ3) is 4.48. The quantitative estimate of drug-likeness (QED) is 0.474. The van der Waals surface area contributed by atoms with E-state index < -0.39 is 36.1 Å². The lowest BCUT2D eigenvalue weighted by Gasteiger charge is -2.32. The molecule has 2 rings (SSSR count). The van der Waals surface area contributed by atoms with E-state index in [1.807, 2.05) is 27.7 Å². The number of benzene rings is 1. The van der Waals surface area contributed by atoms with Gasteiger partial charge in [-0.2, -0.15) is 0 Å². The van der Waals surface area contributed by atoms with Gasteiger partial charge < -0.3 is 24.1 Å². The molecule has 1 aromatic rings. The molecule has 1 fully saturated rings. The Morgan fingerprint density at radius 2 is 1.70 bits per heavy atom. The highest BCUT2D eigenvalue weighted by molar-refractivity contribution is 6.62. The van der Waals surface area contributed by atoms with E-state index in [0.717, 1.165) is 6.08 Å². The zero-order chi connectivity index (χ0) is 20.4. The van der Waals surface area contributed by atoms with Crippen molar-refractivity contribution in [3.05, 3.63) is 35.8 Å². The van der Waals surface area contributed by atoms with Gasteiger partial charge in [-0.3, -0.25) is 0 Å². The van der Waals surface area contributed by atoms with Gasteiger partial charge in [-0.15, -0.1) is 0 Å². The summed E-state index contributed by atoms with van der Waals surface area (Å²) in [7, 11) is 1.44. The summed E-state index contributed by atoms with van der Waals surface area (Å²) in [6.45, 7) is 7.45. The first kappa shape index (κ1) is 20.9. The minimum Gasteiger partial charge on any atom is -0.466 e. The van der Waals surface area contributed by atoms with Gasteiger partial charge in [0.2, 0.25) is 0 Å². The van der Waals surface area contributed by atoms with Gasteiger partial charge in [0.1, 0.15) is 11.5 Å². The molecule has 0 saturated carbocycles. The molecule has 0 amide bonds. The molecule has 0 atom stereocenters. The molecular weight excluding hydrogens is 356 g/mol. The van der Waals surface area contributed by atoms with Crippen molar-refractivity contribution in [2.75, 3.05) is 19.5 Å². The molecule has 0 aliphatic carbocycles. The van der Waals surface area contributed by atoms with Gasteiger partial charge in [-0.25, -0.2) is 14.0 Å². The molecule has 1 heterocycles. The van der Waals surface area contributed by atoms with Crippen molar-refractivity contribution < 1.29 is 32.8 Å². The van der Waals surface area contributed by atoms with Crippen molar-refractivity contribution in [1.82, 2.24) is 0 Å². The summed E-state index contributed by atoms with van der Waals surface area (Å²) in [4.78, 5) is 23.3. The first-order chi connectivity index (χ1) is 12.5. The second-order valence-electron chi connectivity index (χ2n) is 7.02. The van der Waals surface area contributed by atoms with Crippen LogP contribution in [-0.4, -0.2) is 44.5 Å². The van der Waals surface area contributed by atoms with Crippen LogP contribution >= 0.6 is 0 Å². The van der Waals surface area contributed by atoms with Crippen LogP contribution in [0.1, 0.15) is 27.7 Å². The lowest BCUT2D eigenvalue weighted by atomic mass is 9.78. The van der Waals surface area contributed by atoms with Crippen LogP contribution in [0.15, 0.2) is 30.0 Å². The molecule has 0 bridgehead atoms. The fraction of sp³-hybridized carbons (Fsp3) is 0.444. The summed E-state index contributed by atoms with van der Waals surface area (Å²) < 4.78 is 35.3. The van der Waals surface area contributed by atoms with Crippen LogP contribution in [-0.2, 0) is 28.4 Å². The fourth-order valence-electron chi connectivity index (χ4n) is 2.36. The van der Waals surface area contributed by atoms with Crippen molar-refractivity contribution in [3.8, 4) is 0 Å². The maximum absolute atomic E-state index is 14.4. The molecule has 1 N–H and O–H groups in total. The van der Waals surface area contributed by atoms with Crippen molar-refractivity contribution in [2.24, 2.45) is 0 Å². The molecule has 1 saturated heterocycles. The van der Waals surface area contributed by atoms with E-state index >= 15 is 0 Å². The normalized spacial score (nSPS) is 18.2. The topological polar surface area (TPSA) is 83.1 Å². The number of methoxy groups -OCH3 is 2. The predicted octanol–water partition coefficient (Wildman–Crippen LogP) is 1.77. The fourth-order valence-corrected chi connectivity index (χ4v) is 2.36. The average Bonchev–Trinajstić information content (AvgIpc) is 2.82. The van der Waals surface area contributed by atoms with Gasteiger partial charge in [0.05, 0.1) is 31.5 Å². The number of ether oxygens (including phenoxy) is 2. The lowest BCUT2D eigenvalue weighted by Crippen LogP contribution is -2.41. The van der Waals surface area contributed by atoms with Gasteiger partial charge in [-0.1, -0.05) is 0 Å². The first-order valence-corrected chi connectivity index (χ1v) is 8.31. The number of halogens is 1. The minimum atomic E-state index is -0.914.